The fraction of sp³-hybridized carbons (Fsp3) is 0.778. The van der Waals surface area contributed by atoms with Gasteiger partial charge in [-0.2, -0.15) is 0 Å². The molecular formula is C9H16O7. The van der Waals surface area contributed by atoms with E-state index in [9.17, 15) is 19.8 Å². The van der Waals surface area contributed by atoms with Crippen LogP contribution in [0.3, 0.4) is 0 Å². The Kier molecular flexibility index (Phi) is 6.12. The number of aliphatic hydroxyl groups is 4. The van der Waals surface area contributed by atoms with Gasteiger partial charge < -0.3 is 30.0 Å². The zero-order chi connectivity index (χ0) is 12.9. The van der Waals surface area contributed by atoms with Crippen molar-refractivity contribution < 1.29 is 34.8 Å². The summed E-state index contributed by atoms with van der Waals surface area (Å²) in [5.74, 6) is -1.14. The fourth-order valence-electron chi connectivity index (χ4n) is 0.911. The molecule has 0 radical (unpaired) electrons. The Morgan fingerprint density at radius 3 is 2.00 bits per heavy atom. The van der Waals surface area contributed by atoms with E-state index in [4.69, 9.17) is 10.2 Å². The zero-order valence-electron chi connectivity index (χ0n) is 8.98. The lowest BCUT2D eigenvalue weighted by atomic mass is 10.0. The minimum atomic E-state index is -2.02. The average Bonchev–Trinajstić information content (AvgIpc) is 2.23. The lowest BCUT2D eigenvalue weighted by Crippen LogP contribution is -2.48. The molecular weight excluding hydrogens is 220 g/mol. The first-order valence-corrected chi connectivity index (χ1v) is 4.69. The Hall–Kier alpha value is -1.02. The van der Waals surface area contributed by atoms with Crippen molar-refractivity contribution in [3.63, 3.8) is 0 Å². The van der Waals surface area contributed by atoms with Gasteiger partial charge in [-0.05, 0) is 13.8 Å². The number of carbonyl (C=O) groups excluding carboxylic acids is 2. The van der Waals surface area contributed by atoms with Gasteiger partial charge >= 0.3 is 5.97 Å². The third-order valence-corrected chi connectivity index (χ3v) is 1.76. The molecule has 0 unspecified atom stereocenters. The fourth-order valence-corrected chi connectivity index (χ4v) is 0.911. The van der Waals surface area contributed by atoms with Crippen molar-refractivity contribution in [2.45, 2.75) is 44.4 Å². The van der Waals surface area contributed by atoms with Crippen molar-refractivity contribution in [1.82, 2.24) is 0 Å². The summed E-state index contributed by atoms with van der Waals surface area (Å²) >= 11 is 0. The van der Waals surface area contributed by atoms with E-state index in [1.807, 2.05) is 0 Å². The Balaban J connectivity index is 4.42. The van der Waals surface area contributed by atoms with E-state index >= 15 is 0 Å². The smallest absolute Gasteiger partial charge is 0.338 e. The SMILES string of the molecule is CC(C)OC(=O)[C@@H](O)[C@@H](O)[C@H](O)[C@@H](O)C=O. The first kappa shape index (κ1) is 15.0. The van der Waals surface area contributed by atoms with Crippen LogP contribution in [-0.2, 0) is 14.3 Å². The largest absolute Gasteiger partial charge is 0.461 e. The molecule has 4 N–H and O–H groups in total. The molecule has 0 aromatic carbocycles. The van der Waals surface area contributed by atoms with Gasteiger partial charge in [0.2, 0.25) is 0 Å². The summed E-state index contributed by atoms with van der Waals surface area (Å²) in [5.41, 5.74) is 0. The molecule has 0 heterocycles. The lowest BCUT2D eigenvalue weighted by molar-refractivity contribution is -0.172. The second kappa shape index (κ2) is 6.54. The van der Waals surface area contributed by atoms with Crippen LogP contribution in [0.2, 0.25) is 0 Å². The Bertz CT molecular complexity index is 240. The second-order valence-corrected chi connectivity index (χ2v) is 3.54. The van der Waals surface area contributed by atoms with Crippen LogP contribution < -0.4 is 0 Å². The number of hydrogen-bond donors (Lipinski definition) is 4. The van der Waals surface area contributed by atoms with Gasteiger partial charge in [-0.1, -0.05) is 0 Å². The first-order valence-electron chi connectivity index (χ1n) is 4.69. The van der Waals surface area contributed by atoms with Crippen molar-refractivity contribution in [3.05, 3.63) is 0 Å². The lowest BCUT2D eigenvalue weighted by Gasteiger charge is -2.23. The van der Waals surface area contributed by atoms with Crippen LogP contribution in [0.1, 0.15) is 13.8 Å². The highest BCUT2D eigenvalue weighted by molar-refractivity contribution is 5.75. The van der Waals surface area contributed by atoms with Gasteiger partial charge in [0.15, 0.2) is 12.4 Å². The maximum atomic E-state index is 11.1. The summed E-state index contributed by atoms with van der Waals surface area (Å²) in [6.45, 7) is 3.07. The average molecular weight is 236 g/mol. The van der Waals surface area contributed by atoms with Crippen LogP contribution in [0.5, 0.6) is 0 Å². The molecule has 0 bridgehead atoms. The van der Waals surface area contributed by atoms with Crippen LogP contribution >= 0.6 is 0 Å². The maximum Gasteiger partial charge on any atom is 0.338 e. The predicted octanol–water partition coefficient (Wildman–Crippen LogP) is -2.42. The summed E-state index contributed by atoms with van der Waals surface area (Å²) < 4.78 is 4.57. The normalized spacial score (nSPS) is 18.7. The van der Waals surface area contributed by atoms with E-state index in [1.165, 1.54) is 13.8 Å². The summed E-state index contributed by atoms with van der Waals surface area (Å²) in [6, 6.07) is 0. The van der Waals surface area contributed by atoms with E-state index in [2.05, 4.69) is 4.74 Å². The van der Waals surface area contributed by atoms with E-state index in [0.717, 1.165) is 0 Å². The highest BCUT2D eigenvalue weighted by Crippen LogP contribution is 2.06. The Morgan fingerprint density at radius 2 is 1.62 bits per heavy atom. The highest BCUT2D eigenvalue weighted by atomic mass is 16.6. The van der Waals surface area contributed by atoms with Gasteiger partial charge in [0, 0.05) is 0 Å². The number of aliphatic hydroxyl groups excluding tert-OH is 4. The van der Waals surface area contributed by atoms with Gasteiger partial charge in [0.1, 0.15) is 18.3 Å². The summed E-state index contributed by atoms with van der Waals surface area (Å²) in [7, 11) is 0. The van der Waals surface area contributed by atoms with Crippen LogP contribution in [0.15, 0.2) is 0 Å². The highest BCUT2D eigenvalue weighted by Gasteiger charge is 2.35. The molecule has 7 nitrogen and oxygen atoms in total. The van der Waals surface area contributed by atoms with Gasteiger partial charge in [-0.15, -0.1) is 0 Å². The molecule has 0 aliphatic rings. The third-order valence-electron chi connectivity index (χ3n) is 1.76. The quantitative estimate of drug-likeness (QED) is 0.299. The molecule has 94 valence electrons. The van der Waals surface area contributed by atoms with Gasteiger partial charge in [-0.3, -0.25) is 0 Å². The second-order valence-electron chi connectivity index (χ2n) is 3.54. The van der Waals surface area contributed by atoms with E-state index in [0.29, 0.717) is 0 Å². The van der Waals surface area contributed by atoms with E-state index in [-0.39, 0.29) is 6.29 Å². The zero-order valence-corrected chi connectivity index (χ0v) is 8.98. The van der Waals surface area contributed by atoms with Gasteiger partial charge in [-0.25, -0.2) is 4.79 Å². The van der Waals surface area contributed by atoms with Crippen molar-refractivity contribution in [3.8, 4) is 0 Å². The van der Waals surface area contributed by atoms with Crippen molar-refractivity contribution in [1.29, 1.82) is 0 Å². The Morgan fingerprint density at radius 1 is 1.12 bits per heavy atom. The molecule has 16 heavy (non-hydrogen) atoms. The number of rotatable bonds is 6. The topological polar surface area (TPSA) is 124 Å². The number of aldehydes is 1. The van der Waals surface area contributed by atoms with Crippen molar-refractivity contribution in [2.24, 2.45) is 0 Å². The molecule has 0 saturated carbocycles. The van der Waals surface area contributed by atoms with Crippen LogP contribution in [0.4, 0.5) is 0 Å². The maximum absolute atomic E-state index is 11.1. The molecule has 0 aromatic rings. The Labute approximate surface area is 92.3 Å². The molecule has 0 aromatic heterocycles. The summed E-state index contributed by atoms with van der Waals surface area (Å²) in [5, 5.41) is 36.5. The monoisotopic (exact) mass is 236 g/mol. The predicted molar refractivity (Wildman–Crippen MR) is 51.3 cm³/mol. The number of ether oxygens (including phenoxy) is 1. The standard InChI is InChI=1S/C9H16O7/c1-4(2)16-9(15)8(14)7(13)6(12)5(11)3-10/h3-8,11-14H,1-2H3/t5-,6+,7-,8-/m0/s1. The van der Waals surface area contributed by atoms with Crippen LogP contribution in [-0.4, -0.2) is 63.2 Å². The minimum absolute atomic E-state index is 0.0195. The first-order chi connectivity index (χ1) is 7.31. The van der Waals surface area contributed by atoms with Crippen LogP contribution in [0.25, 0.3) is 0 Å². The molecule has 0 aliphatic heterocycles. The van der Waals surface area contributed by atoms with E-state index < -0.39 is 36.5 Å². The van der Waals surface area contributed by atoms with Gasteiger partial charge in [0.25, 0.3) is 0 Å². The number of esters is 1. The van der Waals surface area contributed by atoms with Gasteiger partial charge in [0.05, 0.1) is 6.10 Å². The summed E-state index contributed by atoms with van der Waals surface area (Å²) in [6.07, 6.45) is -8.36. The molecule has 0 aliphatic carbocycles. The number of hydrogen-bond acceptors (Lipinski definition) is 7. The van der Waals surface area contributed by atoms with Crippen molar-refractivity contribution in [2.75, 3.05) is 0 Å². The number of carbonyl (C=O) groups is 2. The molecule has 0 rings (SSSR count). The molecule has 4 atom stereocenters. The molecule has 0 amide bonds. The van der Waals surface area contributed by atoms with Crippen molar-refractivity contribution >= 4 is 12.3 Å². The molecule has 0 fully saturated rings. The third kappa shape index (κ3) is 4.23. The van der Waals surface area contributed by atoms with Crippen LogP contribution in [0, 0.1) is 0 Å². The summed E-state index contributed by atoms with van der Waals surface area (Å²) in [4.78, 5) is 21.2. The minimum Gasteiger partial charge on any atom is -0.461 e. The molecule has 0 saturated heterocycles. The van der Waals surface area contributed by atoms with E-state index in [1.54, 1.807) is 0 Å². The molecule has 7 heteroatoms. The molecule has 0 spiro atoms.